The topological polar surface area (TPSA) is 60.7 Å². The summed E-state index contributed by atoms with van der Waals surface area (Å²) in [5.74, 6) is 0.278. The maximum Gasteiger partial charge on any atom is 0.0861 e. The summed E-state index contributed by atoms with van der Waals surface area (Å²) in [5.41, 5.74) is 0.537. The van der Waals surface area contributed by atoms with E-state index in [1.165, 1.54) is 0 Å². The van der Waals surface area contributed by atoms with Crippen molar-refractivity contribution < 1.29 is 15.3 Å². The highest BCUT2D eigenvalue weighted by atomic mass is 16.3. The van der Waals surface area contributed by atoms with Gasteiger partial charge in [-0.2, -0.15) is 0 Å². The van der Waals surface area contributed by atoms with Crippen LogP contribution in [0.15, 0.2) is 23.3 Å². The van der Waals surface area contributed by atoms with E-state index in [1.54, 1.807) is 13.8 Å². The van der Waals surface area contributed by atoms with Crippen molar-refractivity contribution in [2.45, 2.75) is 63.8 Å². The Balaban J connectivity index is 2.47. The van der Waals surface area contributed by atoms with E-state index < -0.39 is 17.3 Å². The van der Waals surface area contributed by atoms with Crippen LogP contribution in [-0.2, 0) is 0 Å². The molecule has 0 aromatic rings. The monoisotopic (exact) mass is 252 g/mol. The Morgan fingerprint density at radius 1 is 1.28 bits per heavy atom. The molecule has 2 rings (SSSR count). The number of aliphatic hydroxyl groups excluding tert-OH is 1. The second-order valence-corrected chi connectivity index (χ2v) is 6.45. The molecular weight excluding hydrogens is 228 g/mol. The highest BCUT2D eigenvalue weighted by Crippen LogP contribution is 2.48. The van der Waals surface area contributed by atoms with Crippen molar-refractivity contribution in [3.63, 3.8) is 0 Å². The molecule has 0 saturated carbocycles. The van der Waals surface area contributed by atoms with Crippen LogP contribution in [0, 0.1) is 5.92 Å². The first-order chi connectivity index (χ1) is 8.15. The normalized spacial score (nSPS) is 44.8. The zero-order valence-electron chi connectivity index (χ0n) is 11.5. The van der Waals surface area contributed by atoms with Gasteiger partial charge >= 0.3 is 0 Å². The average molecular weight is 252 g/mol. The van der Waals surface area contributed by atoms with Crippen molar-refractivity contribution in [3.05, 3.63) is 23.3 Å². The molecule has 0 aliphatic heterocycles. The zero-order chi connectivity index (χ0) is 13.7. The summed E-state index contributed by atoms with van der Waals surface area (Å²) in [7, 11) is 0. The minimum atomic E-state index is -1.01. The molecule has 3 heteroatoms. The van der Waals surface area contributed by atoms with Gasteiger partial charge in [0.2, 0.25) is 0 Å². The predicted octanol–water partition coefficient (Wildman–Crippen LogP) is 1.93. The molecule has 3 nitrogen and oxygen atoms in total. The smallest absolute Gasteiger partial charge is 0.0861 e. The molecule has 0 aromatic carbocycles. The van der Waals surface area contributed by atoms with Gasteiger partial charge in [-0.3, -0.25) is 0 Å². The van der Waals surface area contributed by atoms with Crippen LogP contribution >= 0.6 is 0 Å². The van der Waals surface area contributed by atoms with E-state index in [4.69, 9.17) is 0 Å². The second-order valence-electron chi connectivity index (χ2n) is 6.45. The molecule has 102 valence electrons. The molecule has 0 saturated heterocycles. The first-order valence-electron chi connectivity index (χ1n) is 6.67. The fourth-order valence-corrected chi connectivity index (χ4v) is 3.47. The summed E-state index contributed by atoms with van der Waals surface area (Å²) in [6.07, 6.45) is 1.71. The van der Waals surface area contributed by atoms with Crippen molar-refractivity contribution in [2.24, 2.45) is 5.92 Å². The molecule has 0 unspecified atom stereocenters. The van der Waals surface area contributed by atoms with Crippen LogP contribution in [0.25, 0.3) is 0 Å². The summed E-state index contributed by atoms with van der Waals surface area (Å²) < 4.78 is 0. The van der Waals surface area contributed by atoms with E-state index in [2.05, 4.69) is 6.58 Å². The third kappa shape index (κ3) is 2.15. The molecular formula is C15H24O3. The van der Waals surface area contributed by atoms with Gasteiger partial charge < -0.3 is 15.3 Å². The van der Waals surface area contributed by atoms with E-state index in [0.29, 0.717) is 18.4 Å². The molecule has 0 bridgehead atoms. The quantitative estimate of drug-likeness (QED) is 0.625. The summed E-state index contributed by atoms with van der Waals surface area (Å²) in [4.78, 5) is 0. The Kier molecular flexibility index (Phi) is 3.21. The van der Waals surface area contributed by atoms with Gasteiger partial charge in [0.05, 0.1) is 17.3 Å². The summed E-state index contributed by atoms with van der Waals surface area (Å²) in [6, 6.07) is 0. The Morgan fingerprint density at radius 2 is 1.89 bits per heavy atom. The number of hydrogen-bond acceptors (Lipinski definition) is 3. The molecule has 0 spiro atoms. The van der Waals surface area contributed by atoms with E-state index in [-0.39, 0.29) is 12.3 Å². The Hall–Kier alpha value is -0.640. The zero-order valence-corrected chi connectivity index (χ0v) is 11.5. The van der Waals surface area contributed by atoms with Crippen LogP contribution < -0.4 is 0 Å². The highest BCUT2D eigenvalue weighted by molar-refractivity contribution is 5.40. The van der Waals surface area contributed by atoms with Crippen molar-refractivity contribution >= 4 is 0 Å². The van der Waals surface area contributed by atoms with Gasteiger partial charge in [-0.1, -0.05) is 12.2 Å². The lowest BCUT2D eigenvalue weighted by molar-refractivity contribution is 0.0388. The van der Waals surface area contributed by atoms with Gasteiger partial charge in [-0.15, -0.1) is 0 Å². The van der Waals surface area contributed by atoms with Crippen LogP contribution in [0.1, 0.15) is 46.5 Å². The largest absolute Gasteiger partial charge is 0.389 e. The van der Waals surface area contributed by atoms with E-state index >= 15 is 0 Å². The molecule has 4 atom stereocenters. The molecule has 3 N–H and O–H groups in total. The standard InChI is InChI=1S/C15H24O3/c1-9(2)10-5-6-14(3,17)13-11(7-10)15(4,18)8-12(13)16/h10,12,16-18H,1,5-8H2,2-4H3/t10-,12+,14+,15-/m1/s1. The molecule has 0 heterocycles. The summed E-state index contributed by atoms with van der Waals surface area (Å²) in [6.45, 7) is 9.47. The van der Waals surface area contributed by atoms with Gasteiger partial charge in [0.1, 0.15) is 0 Å². The first-order valence-corrected chi connectivity index (χ1v) is 6.67. The fourth-order valence-electron chi connectivity index (χ4n) is 3.47. The van der Waals surface area contributed by atoms with Gasteiger partial charge in [-0.05, 0) is 57.1 Å². The Bertz CT molecular complexity index is 404. The molecule has 2 aliphatic carbocycles. The van der Waals surface area contributed by atoms with Crippen molar-refractivity contribution in [3.8, 4) is 0 Å². The lowest BCUT2D eigenvalue weighted by Crippen LogP contribution is -2.32. The lowest BCUT2D eigenvalue weighted by atomic mass is 9.85. The minimum Gasteiger partial charge on any atom is -0.389 e. The molecule has 0 fully saturated rings. The number of hydrogen-bond donors (Lipinski definition) is 3. The third-order valence-electron chi connectivity index (χ3n) is 4.61. The van der Waals surface area contributed by atoms with Crippen LogP contribution in [0.3, 0.4) is 0 Å². The summed E-state index contributed by atoms with van der Waals surface area (Å²) in [5, 5.41) is 31.2. The Morgan fingerprint density at radius 3 is 2.44 bits per heavy atom. The SMILES string of the molecule is C=C(C)[C@@H]1CC[C@](C)(O)C2=C(C1)[C@](C)(O)C[C@@H]2O. The van der Waals surface area contributed by atoms with E-state index in [1.807, 2.05) is 6.92 Å². The van der Waals surface area contributed by atoms with Gasteiger partial charge in [0.25, 0.3) is 0 Å². The van der Waals surface area contributed by atoms with Crippen molar-refractivity contribution in [2.75, 3.05) is 0 Å². The number of aliphatic hydroxyl groups is 3. The molecule has 0 aromatic heterocycles. The highest BCUT2D eigenvalue weighted by Gasteiger charge is 2.48. The lowest BCUT2D eigenvalue weighted by Gasteiger charge is -2.27. The molecule has 0 radical (unpaired) electrons. The van der Waals surface area contributed by atoms with E-state index in [0.717, 1.165) is 17.6 Å². The van der Waals surface area contributed by atoms with Crippen LogP contribution in [0.4, 0.5) is 0 Å². The van der Waals surface area contributed by atoms with Crippen molar-refractivity contribution in [1.82, 2.24) is 0 Å². The fraction of sp³-hybridized carbons (Fsp3) is 0.733. The maximum absolute atomic E-state index is 10.6. The van der Waals surface area contributed by atoms with Crippen LogP contribution in [0.5, 0.6) is 0 Å². The molecule has 0 amide bonds. The predicted molar refractivity (Wildman–Crippen MR) is 71.1 cm³/mol. The second kappa shape index (κ2) is 4.19. The number of allylic oxidation sites excluding steroid dienone is 1. The average Bonchev–Trinajstić information content (AvgIpc) is 2.35. The Labute approximate surface area is 109 Å². The van der Waals surface area contributed by atoms with Crippen molar-refractivity contribution in [1.29, 1.82) is 0 Å². The summed E-state index contributed by atoms with van der Waals surface area (Å²) >= 11 is 0. The third-order valence-corrected chi connectivity index (χ3v) is 4.61. The molecule has 18 heavy (non-hydrogen) atoms. The molecule has 2 aliphatic rings. The van der Waals surface area contributed by atoms with E-state index in [9.17, 15) is 15.3 Å². The van der Waals surface area contributed by atoms with Gasteiger partial charge in [0, 0.05) is 6.42 Å². The minimum absolute atomic E-state index is 0.278. The maximum atomic E-state index is 10.6. The first kappa shape index (κ1) is 13.8. The van der Waals surface area contributed by atoms with Crippen LogP contribution in [0.2, 0.25) is 0 Å². The van der Waals surface area contributed by atoms with Gasteiger partial charge in [-0.25, -0.2) is 0 Å². The van der Waals surface area contributed by atoms with Crippen LogP contribution in [-0.4, -0.2) is 32.6 Å². The number of rotatable bonds is 1. The van der Waals surface area contributed by atoms with Gasteiger partial charge in [0.15, 0.2) is 0 Å².